The second-order valence-electron chi connectivity index (χ2n) is 6.20. The molecule has 5 nitrogen and oxygen atoms in total. The lowest BCUT2D eigenvalue weighted by atomic mass is 10.1. The van der Waals surface area contributed by atoms with Crippen molar-refractivity contribution in [3.05, 3.63) is 90.0 Å². The molecule has 4 rings (SSSR count). The van der Waals surface area contributed by atoms with Gasteiger partial charge in [0.15, 0.2) is 5.11 Å². The third-order valence-corrected chi connectivity index (χ3v) is 4.68. The van der Waals surface area contributed by atoms with E-state index >= 15 is 0 Å². The number of thiocarbonyl (C=S) groups is 1. The minimum Gasteiger partial charge on any atom is -0.374 e. The Morgan fingerprint density at radius 3 is 2.00 bits per heavy atom. The normalized spacial score (nSPS) is 11.1. The largest absolute Gasteiger partial charge is 0.374 e. The van der Waals surface area contributed by atoms with E-state index in [1.807, 2.05) is 60.7 Å². The Bertz CT molecular complexity index is 1170. The van der Waals surface area contributed by atoms with Crippen LogP contribution in [0.3, 0.4) is 0 Å². The Balaban J connectivity index is 1.94. The molecule has 2 N–H and O–H groups in total. The molecule has 0 aliphatic carbocycles. The molecule has 1 aromatic heterocycles. The van der Waals surface area contributed by atoms with E-state index in [1.54, 1.807) is 24.3 Å². The molecule has 4 aromatic rings. The lowest BCUT2D eigenvalue weighted by Gasteiger charge is -2.05. The highest BCUT2D eigenvalue weighted by Gasteiger charge is 2.22. The summed E-state index contributed by atoms with van der Waals surface area (Å²) < 4.78 is 1.53. The van der Waals surface area contributed by atoms with Gasteiger partial charge in [0.05, 0.1) is 5.69 Å². The third-order valence-electron chi connectivity index (χ3n) is 4.26. The smallest absolute Gasteiger partial charge is 0.191 e. The summed E-state index contributed by atoms with van der Waals surface area (Å²) in [5.74, 6) is 0. The molecule has 0 fully saturated rings. The minimum absolute atomic E-state index is 0.133. The van der Waals surface area contributed by atoms with E-state index in [9.17, 15) is 0 Å². The van der Waals surface area contributed by atoms with E-state index in [-0.39, 0.29) is 5.11 Å². The van der Waals surface area contributed by atoms with Crippen LogP contribution in [0.4, 0.5) is 11.4 Å². The van der Waals surface area contributed by atoms with Crippen LogP contribution in [0.2, 0.25) is 5.02 Å². The Morgan fingerprint density at radius 2 is 1.41 bits per heavy atom. The number of benzene rings is 3. The van der Waals surface area contributed by atoms with Crippen molar-refractivity contribution < 1.29 is 0 Å². The average Bonchev–Trinajstić information content (AvgIpc) is 3.14. The fourth-order valence-corrected chi connectivity index (χ4v) is 3.18. The maximum Gasteiger partial charge on any atom is 0.191 e. The van der Waals surface area contributed by atoms with E-state index in [2.05, 4.69) is 15.3 Å². The van der Waals surface area contributed by atoms with Gasteiger partial charge in [-0.1, -0.05) is 72.3 Å². The molecule has 0 saturated carbocycles. The average molecular weight is 418 g/mol. The molecule has 0 unspecified atom stereocenters. The zero-order valence-corrected chi connectivity index (χ0v) is 16.8. The van der Waals surface area contributed by atoms with Crippen molar-refractivity contribution >= 4 is 40.3 Å². The first-order valence-electron chi connectivity index (χ1n) is 8.84. The number of nitrogens with zero attached hydrogens (tertiary/aromatic N) is 4. The number of hydrogen-bond acceptors (Lipinski definition) is 4. The molecule has 0 spiro atoms. The molecule has 1 heterocycles. The van der Waals surface area contributed by atoms with E-state index in [0.717, 1.165) is 11.1 Å². The fourth-order valence-electron chi connectivity index (χ4n) is 2.93. The number of halogens is 1. The van der Waals surface area contributed by atoms with E-state index in [0.29, 0.717) is 27.8 Å². The molecule has 0 saturated heterocycles. The van der Waals surface area contributed by atoms with Crippen LogP contribution >= 0.6 is 23.8 Å². The molecule has 0 bridgehead atoms. The van der Waals surface area contributed by atoms with Crippen LogP contribution in [0, 0.1) is 0 Å². The highest BCUT2D eigenvalue weighted by molar-refractivity contribution is 7.80. The lowest BCUT2D eigenvalue weighted by Crippen LogP contribution is -2.21. The summed E-state index contributed by atoms with van der Waals surface area (Å²) in [5, 5.41) is 14.4. The quantitative estimate of drug-likeness (QED) is 0.309. The van der Waals surface area contributed by atoms with Crippen LogP contribution in [-0.2, 0) is 0 Å². The first-order valence-corrected chi connectivity index (χ1v) is 9.63. The first kappa shape index (κ1) is 19.0. The van der Waals surface area contributed by atoms with Crippen molar-refractivity contribution in [2.24, 2.45) is 16.0 Å². The van der Waals surface area contributed by atoms with Gasteiger partial charge in [-0.25, -0.2) is 4.68 Å². The molecule has 142 valence electrons. The number of azo groups is 1. The standard InChI is InChI=1S/C22H16ClN5S/c23-17-11-13-18(14-12-17)25-26-20-19(15-7-3-1-4-8-15)27-28(22(24)29)21(20)16-9-5-2-6-10-16/h1-14H,(H2,24,29). The van der Waals surface area contributed by atoms with Gasteiger partial charge in [0.1, 0.15) is 17.1 Å². The van der Waals surface area contributed by atoms with Crippen LogP contribution < -0.4 is 5.73 Å². The number of nitrogens with two attached hydrogens (primary N) is 1. The highest BCUT2D eigenvalue weighted by Crippen LogP contribution is 2.39. The minimum atomic E-state index is 0.133. The summed E-state index contributed by atoms with van der Waals surface area (Å²) in [6, 6.07) is 26.6. The zero-order valence-electron chi connectivity index (χ0n) is 15.2. The van der Waals surface area contributed by atoms with E-state index in [1.165, 1.54) is 4.68 Å². The number of aromatic nitrogens is 2. The van der Waals surface area contributed by atoms with Gasteiger partial charge in [0.25, 0.3) is 0 Å². The summed E-state index contributed by atoms with van der Waals surface area (Å²) in [6.45, 7) is 0. The zero-order chi connectivity index (χ0) is 20.2. The lowest BCUT2D eigenvalue weighted by molar-refractivity contribution is 0.951. The maximum atomic E-state index is 5.98. The Morgan fingerprint density at radius 1 is 0.828 bits per heavy atom. The molecule has 29 heavy (non-hydrogen) atoms. The van der Waals surface area contributed by atoms with Gasteiger partial charge in [0.2, 0.25) is 0 Å². The molecule has 0 atom stereocenters. The van der Waals surface area contributed by atoms with Gasteiger partial charge in [0, 0.05) is 16.1 Å². The van der Waals surface area contributed by atoms with Crippen molar-refractivity contribution in [2.75, 3.05) is 0 Å². The van der Waals surface area contributed by atoms with Crippen LogP contribution in [-0.4, -0.2) is 14.9 Å². The summed E-state index contributed by atoms with van der Waals surface area (Å²) in [6.07, 6.45) is 0. The second-order valence-corrected chi connectivity index (χ2v) is 7.06. The SMILES string of the molecule is NC(=S)n1nc(-c2ccccc2)c(N=Nc2ccc(Cl)cc2)c1-c1ccccc1. The first-order chi connectivity index (χ1) is 14.1. The predicted molar refractivity (Wildman–Crippen MR) is 121 cm³/mol. The number of hydrogen-bond donors (Lipinski definition) is 1. The molecular weight excluding hydrogens is 402 g/mol. The van der Waals surface area contributed by atoms with Gasteiger partial charge in [-0.3, -0.25) is 0 Å². The topological polar surface area (TPSA) is 68.6 Å². The molecule has 0 amide bonds. The van der Waals surface area contributed by atoms with Crippen LogP contribution in [0.5, 0.6) is 0 Å². The van der Waals surface area contributed by atoms with E-state index < -0.39 is 0 Å². The van der Waals surface area contributed by atoms with Gasteiger partial charge < -0.3 is 5.73 Å². The van der Waals surface area contributed by atoms with Crippen molar-refractivity contribution in [1.29, 1.82) is 0 Å². The van der Waals surface area contributed by atoms with Crippen molar-refractivity contribution in [3.8, 4) is 22.5 Å². The molecular formula is C22H16ClN5S. The van der Waals surface area contributed by atoms with Gasteiger partial charge in [-0.2, -0.15) is 10.2 Å². The predicted octanol–water partition coefficient (Wildman–Crippen LogP) is 6.38. The van der Waals surface area contributed by atoms with Crippen LogP contribution in [0.1, 0.15) is 0 Å². The van der Waals surface area contributed by atoms with Crippen molar-refractivity contribution in [1.82, 2.24) is 9.78 Å². The Labute approximate surface area is 178 Å². The maximum absolute atomic E-state index is 5.98. The van der Waals surface area contributed by atoms with Gasteiger partial charge in [-0.05, 0) is 36.5 Å². The van der Waals surface area contributed by atoms with Gasteiger partial charge >= 0.3 is 0 Å². The van der Waals surface area contributed by atoms with Gasteiger partial charge in [-0.15, -0.1) is 5.11 Å². The van der Waals surface area contributed by atoms with Crippen LogP contribution in [0.15, 0.2) is 95.2 Å². The summed E-state index contributed by atoms with van der Waals surface area (Å²) in [4.78, 5) is 0. The number of rotatable bonds is 4. The third kappa shape index (κ3) is 4.08. The fraction of sp³-hybridized carbons (Fsp3) is 0. The molecule has 0 aliphatic rings. The molecule has 0 radical (unpaired) electrons. The Kier molecular flexibility index (Phi) is 5.46. The highest BCUT2D eigenvalue weighted by atomic mass is 35.5. The Hall–Kier alpha value is -3.35. The van der Waals surface area contributed by atoms with Crippen molar-refractivity contribution in [3.63, 3.8) is 0 Å². The molecule has 3 aromatic carbocycles. The molecule has 0 aliphatic heterocycles. The molecule has 7 heteroatoms. The summed E-state index contributed by atoms with van der Waals surface area (Å²) in [7, 11) is 0. The van der Waals surface area contributed by atoms with E-state index in [4.69, 9.17) is 29.6 Å². The second kappa shape index (κ2) is 8.34. The van der Waals surface area contributed by atoms with Crippen molar-refractivity contribution in [2.45, 2.75) is 0 Å². The van der Waals surface area contributed by atoms with Crippen LogP contribution in [0.25, 0.3) is 22.5 Å². The monoisotopic (exact) mass is 417 g/mol. The summed E-state index contributed by atoms with van der Waals surface area (Å²) >= 11 is 11.2. The summed E-state index contributed by atoms with van der Waals surface area (Å²) in [5.41, 5.74) is 10.4.